The molecule has 0 saturated heterocycles. The van der Waals surface area contributed by atoms with Gasteiger partial charge in [-0.05, 0) is 61.4 Å². The molecular weight excluding hydrogens is 471 g/mol. The van der Waals surface area contributed by atoms with E-state index < -0.39 is 28.3 Å². The molecule has 3 rings (SSSR count). The van der Waals surface area contributed by atoms with Crippen molar-refractivity contribution in [1.29, 1.82) is 0 Å². The van der Waals surface area contributed by atoms with Gasteiger partial charge in [-0.3, -0.25) is 9.10 Å². The maximum Gasteiger partial charge on any atom is 0.264 e. The van der Waals surface area contributed by atoms with Crippen molar-refractivity contribution < 1.29 is 17.6 Å². The molecule has 0 aliphatic rings. The van der Waals surface area contributed by atoms with E-state index in [-0.39, 0.29) is 10.6 Å². The highest BCUT2D eigenvalue weighted by Gasteiger charge is 2.28. The Kier molecular flexibility index (Phi) is 6.58. The summed E-state index contributed by atoms with van der Waals surface area (Å²) in [7, 11) is -4.03. The zero-order valence-corrected chi connectivity index (χ0v) is 18.8. The van der Waals surface area contributed by atoms with E-state index in [1.807, 2.05) is 13.0 Å². The number of amides is 1. The molecule has 0 aliphatic carbocycles. The molecular formula is C22H20BrFN2O3S. The first kappa shape index (κ1) is 22.0. The highest BCUT2D eigenvalue weighted by atomic mass is 79.9. The average Bonchev–Trinajstić information content (AvgIpc) is 2.71. The van der Waals surface area contributed by atoms with Gasteiger partial charge >= 0.3 is 0 Å². The van der Waals surface area contributed by atoms with Gasteiger partial charge in [0.2, 0.25) is 5.91 Å². The minimum Gasteiger partial charge on any atom is -0.322 e. The van der Waals surface area contributed by atoms with Crippen LogP contribution in [0.5, 0.6) is 0 Å². The van der Waals surface area contributed by atoms with Crippen molar-refractivity contribution in [3.63, 3.8) is 0 Å². The highest BCUT2D eigenvalue weighted by Crippen LogP contribution is 2.28. The topological polar surface area (TPSA) is 66.5 Å². The maximum atomic E-state index is 14.1. The molecule has 156 valence electrons. The van der Waals surface area contributed by atoms with Crippen LogP contribution in [0.3, 0.4) is 0 Å². The summed E-state index contributed by atoms with van der Waals surface area (Å²) >= 11 is 3.16. The van der Waals surface area contributed by atoms with Crippen molar-refractivity contribution in [3.8, 4) is 0 Å². The highest BCUT2D eigenvalue weighted by molar-refractivity contribution is 9.10. The molecule has 30 heavy (non-hydrogen) atoms. The number of carbonyl (C=O) groups excluding carboxylic acids is 1. The molecule has 0 saturated carbocycles. The number of nitrogens with one attached hydrogen (secondary N) is 1. The minimum atomic E-state index is -4.03. The van der Waals surface area contributed by atoms with Crippen LogP contribution < -0.4 is 9.62 Å². The average molecular weight is 491 g/mol. The monoisotopic (exact) mass is 490 g/mol. The van der Waals surface area contributed by atoms with Crippen molar-refractivity contribution in [2.24, 2.45) is 0 Å². The third kappa shape index (κ3) is 4.88. The van der Waals surface area contributed by atoms with Gasteiger partial charge in [0, 0.05) is 4.47 Å². The maximum absolute atomic E-state index is 14.1. The van der Waals surface area contributed by atoms with Crippen LogP contribution in [0.2, 0.25) is 0 Å². The predicted octanol–water partition coefficient (Wildman–Crippen LogP) is 5.04. The summed E-state index contributed by atoms with van der Waals surface area (Å²) in [6.45, 7) is 3.11. The van der Waals surface area contributed by atoms with E-state index in [9.17, 15) is 17.6 Å². The summed E-state index contributed by atoms with van der Waals surface area (Å²) in [6.07, 6.45) is 0. The van der Waals surface area contributed by atoms with Crippen molar-refractivity contribution in [2.75, 3.05) is 16.2 Å². The second-order valence-corrected chi connectivity index (χ2v) is 9.57. The lowest BCUT2D eigenvalue weighted by Gasteiger charge is -2.26. The zero-order chi connectivity index (χ0) is 21.9. The summed E-state index contributed by atoms with van der Waals surface area (Å²) in [5.74, 6) is -1.28. The molecule has 0 heterocycles. The van der Waals surface area contributed by atoms with Gasteiger partial charge in [0.05, 0.1) is 16.3 Å². The Hall–Kier alpha value is -2.71. The molecule has 1 N–H and O–H groups in total. The third-order valence-electron chi connectivity index (χ3n) is 4.46. The number of halogens is 2. The van der Waals surface area contributed by atoms with Crippen LogP contribution in [0, 0.1) is 19.7 Å². The molecule has 0 aliphatic heterocycles. The van der Waals surface area contributed by atoms with Crippen LogP contribution in [-0.2, 0) is 14.8 Å². The summed E-state index contributed by atoms with van der Waals surface area (Å²) in [6, 6.07) is 17.5. The predicted molar refractivity (Wildman–Crippen MR) is 120 cm³/mol. The first-order valence-corrected chi connectivity index (χ1v) is 11.3. The summed E-state index contributed by atoms with van der Waals surface area (Å²) in [5, 5.41) is 2.45. The molecule has 0 aromatic heterocycles. The van der Waals surface area contributed by atoms with Gasteiger partial charge in [0.15, 0.2) is 0 Å². The number of hydrogen-bond acceptors (Lipinski definition) is 3. The van der Waals surface area contributed by atoms with E-state index >= 15 is 0 Å². The molecule has 3 aromatic carbocycles. The SMILES string of the molecule is Cc1ccc(C)c(N(CC(=O)Nc2ccc(Br)cc2F)S(=O)(=O)c2ccccc2)c1. The minimum absolute atomic E-state index is 0.0266. The van der Waals surface area contributed by atoms with E-state index in [1.54, 1.807) is 43.3 Å². The fraction of sp³-hybridized carbons (Fsp3) is 0.136. The molecule has 0 atom stereocenters. The van der Waals surface area contributed by atoms with Crippen LogP contribution in [0.15, 0.2) is 76.1 Å². The van der Waals surface area contributed by atoms with E-state index in [0.717, 1.165) is 9.87 Å². The fourth-order valence-corrected chi connectivity index (χ4v) is 4.75. The molecule has 0 unspecified atom stereocenters. The number of anilines is 2. The van der Waals surface area contributed by atoms with Crippen LogP contribution in [0.1, 0.15) is 11.1 Å². The summed E-state index contributed by atoms with van der Waals surface area (Å²) in [5.41, 5.74) is 1.91. The van der Waals surface area contributed by atoms with Gasteiger partial charge in [-0.2, -0.15) is 0 Å². The fourth-order valence-electron chi connectivity index (χ4n) is 2.92. The molecule has 0 spiro atoms. The van der Waals surface area contributed by atoms with Crippen LogP contribution in [-0.4, -0.2) is 20.9 Å². The lowest BCUT2D eigenvalue weighted by atomic mass is 10.1. The number of aryl methyl sites for hydroxylation is 2. The van der Waals surface area contributed by atoms with Gasteiger partial charge in [0.25, 0.3) is 10.0 Å². The zero-order valence-electron chi connectivity index (χ0n) is 16.4. The normalized spacial score (nSPS) is 11.2. The van der Waals surface area contributed by atoms with Crippen molar-refractivity contribution >= 4 is 43.2 Å². The smallest absolute Gasteiger partial charge is 0.264 e. The number of carbonyl (C=O) groups is 1. The van der Waals surface area contributed by atoms with E-state index in [4.69, 9.17) is 0 Å². The number of nitrogens with zero attached hydrogens (tertiary/aromatic N) is 1. The molecule has 8 heteroatoms. The molecule has 0 bridgehead atoms. The van der Waals surface area contributed by atoms with Crippen LogP contribution in [0.4, 0.5) is 15.8 Å². The Morgan fingerprint density at radius 2 is 1.73 bits per heavy atom. The van der Waals surface area contributed by atoms with Gasteiger partial charge < -0.3 is 5.32 Å². The molecule has 5 nitrogen and oxygen atoms in total. The van der Waals surface area contributed by atoms with E-state index in [2.05, 4.69) is 21.2 Å². The Morgan fingerprint density at radius 3 is 2.40 bits per heavy atom. The second kappa shape index (κ2) is 8.97. The van der Waals surface area contributed by atoms with Crippen molar-refractivity contribution in [2.45, 2.75) is 18.7 Å². The molecule has 1 amide bonds. The van der Waals surface area contributed by atoms with Crippen molar-refractivity contribution in [3.05, 3.63) is 88.1 Å². The Balaban J connectivity index is 1.99. The first-order chi connectivity index (χ1) is 14.2. The summed E-state index contributed by atoms with van der Waals surface area (Å²) < 4.78 is 42.4. The number of sulfonamides is 1. The van der Waals surface area contributed by atoms with Crippen LogP contribution in [0.25, 0.3) is 0 Å². The first-order valence-electron chi connectivity index (χ1n) is 9.08. The third-order valence-corrected chi connectivity index (χ3v) is 6.72. The Bertz CT molecular complexity index is 1180. The van der Waals surface area contributed by atoms with E-state index in [0.29, 0.717) is 15.7 Å². The molecule has 0 radical (unpaired) electrons. The molecule has 3 aromatic rings. The lowest BCUT2D eigenvalue weighted by molar-refractivity contribution is -0.114. The lowest BCUT2D eigenvalue weighted by Crippen LogP contribution is -2.38. The van der Waals surface area contributed by atoms with Crippen LogP contribution >= 0.6 is 15.9 Å². The quantitative estimate of drug-likeness (QED) is 0.526. The largest absolute Gasteiger partial charge is 0.322 e. The van der Waals surface area contributed by atoms with E-state index in [1.165, 1.54) is 24.3 Å². The molecule has 0 fully saturated rings. The van der Waals surface area contributed by atoms with Gasteiger partial charge in [-0.15, -0.1) is 0 Å². The number of benzene rings is 3. The standard InChI is InChI=1S/C22H20BrFN2O3S/c1-15-8-9-16(2)21(12-15)26(30(28,29)18-6-4-3-5-7-18)14-22(27)25-20-11-10-17(23)13-19(20)24/h3-13H,14H2,1-2H3,(H,25,27). The van der Waals surface area contributed by atoms with Gasteiger partial charge in [-0.1, -0.05) is 46.3 Å². The number of rotatable bonds is 6. The van der Waals surface area contributed by atoms with Gasteiger partial charge in [-0.25, -0.2) is 12.8 Å². The van der Waals surface area contributed by atoms with Gasteiger partial charge in [0.1, 0.15) is 12.4 Å². The number of hydrogen-bond donors (Lipinski definition) is 1. The summed E-state index contributed by atoms with van der Waals surface area (Å²) in [4.78, 5) is 12.8. The Labute approximate surface area is 183 Å². The second-order valence-electron chi connectivity index (χ2n) is 6.79. The van der Waals surface area contributed by atoms with Crippen molar-refractivity contribution in [1.82, 2.24) is 0 Å². The Morgan fingerprint density at radius 1 is 1.03 bits per heavy atom.